The smallest absolute Gasteiger partial charge is 0.129 e. The van der Waals surface area contributed by atoms with Gasteiger partial charge in [-0.05, 0) is 49.8 Å². The third kappa shape index (κ3) is 4.01. The predicted molar refractivity (Wildman–Crippen MR) is 123 cm³/mol. The molecule has 4 rings (SSSR count). The molecule has 0 spiro atoms. The Balaban J connectivity index is 1.77. The molecule has 0 N–H and O–H groups in total. The van der Waals surface area contributed by atoms with Gasteiger partial charge in [0.25, 0.3) is 0 Å². The van der Waals surface area contributed by atoms with Gasteiger partial charge in [0.2, 0.25) is 0 Å². The summed E-state index contributed by atoms with van der Waals surface area (Å²) >= 11 is 0. The van der Waals surface area contributed by atoms with E-state index in [2.05, 4.69) is 97.0 Å². The van der Waals surface area contributed by atoms with Crippen molar-refractivity contribution in [2.24, 2.45) is 0 Å². The maximum absolute atomic E-state index is 6.31. The molecule has 0 bridgehead atoms. The number of nitrogens with zero attached hydrogens (tertiary/aromatic N) is 2. The maximum atomic E-state index is 6.31. The van der Waals surface area contributed by atoms with Gasteiger partial charge in [0.15, 0.2) is 0 Å². The molecule has 0 aliphatic carbocycles. The molecule has 3 nitrogen and oxygen atoms in total. The van der Waals surface area contributed by atoms with Crippen molar-refractivity contribution in [2.75, 3.05) is 26.2 Å². The van der Waals surface area contributed by atoms with E-state index >= 15 is 0 Å². The van der Waals surface area contributed by atoms with E-state index < -0.39 is 0 Å². The topological polar surface area (TPSA) is 17.4 Å². The second kappa shape index (κ2) is 8.71. The first-order valence-corrected chi connectivity index (χ1v) is 10.6. The number of aryl methyl sites for hydroxylation is 1. The SMILES string of the molecule is CCN(CC)CCOc1cccc2c1c1cc(C)ccc1n2Cc1ccccc1. The van der Waals surface area contributed by atoms with Crippen molar-refractivity contribution in [1.82, 2.24) is 9.47 Å². The highest BCUT2D eigenvalue weighted by molar-refractivity contribution is 6.11. The Morgan fingerprint density at radius 1 is 0.862 bits per heavy atom. The Morgan fingerprint density at radius 3 is 2.41 bits per heavy atom. The summed E-state index contributed by atoms with van der Waals surface area (Å²) in [7, 11) is 0. The predicted octanol–water partition coefficient (Wildman–Crippen LogP) is 5.87. The second-order valence-corrected chi connectivity index (χ2v) is 7.62. The lowest BCUT2D eigenvalue weighted by Crippen LogP contribution is -2.27. The molecule has 3 heteroatoms. The minimum absolute atomic E-state index is 0.706. The van der Waals surface area contributed by atoms with Crippen molar-refractivity contribution in [1.29, 1.82) is 0 Å². The quantitative estimate of drug-likeness (QED) is 0.377. The highest BCUT2D eigenvalue weighted by Gasteiger charge is 2.15. The van der Waals surface area contributed by atoms with E-state index in [1.807, 2.05) is 0 Å². The lowest BCUT2D eigenvalue weighted by molar-refractivity contribution is 0.224. The number of ether oxygens (including phenoxy) is 1. The van der Waals surface area contributed by atoms with Crippen LogP contribution >= 0.6 is 0 Å². The fourth-order valence-electron chi connectivity index (χ4n) is 4.11. The highest BCUT2D eigenvalue weighted by Crippen LogP contribution is 2.36. The van der Waals surface area contributed by atoms with Gasteiger partial charge >= 0.3 is 0 Å². The minimum Gasteiger partial charge on any atom is -0.492 e. The van der Waals surface area contributed by atoms with Crippen LogP contribution in [0.5, 0.6) is 5.75 Å². The molecule has 0 saturated carbocycles. The van der Waals surface area contributed by atoms with Gasteiger partial charge in [0.1, 0.15) is 12.4 Å². The van der Waals surface area contributed by atoms with Crippen LogP contribution in [0, 0.1) is 6.92 Å². The van der Waals surface area contributed by atoms with Crippen molar-refractivity contribution >= 4 is 21.8 Å². The minimum atomic E-state index is 0.706. The third-order valence-corrected chi connectivity index (χ3v) is 5.75. The third-order valence-electron chi connectivity index (χ3n) is 5.75. The van der Waals surface area contributed by atoms with Gasteiger partial charge in [-0.1, -0.05) is 61.9 Å². The van der Waals surface area contributed by atoms with Crippen LogP contribution in [0.1, 0.15) is 25.0 Å². The molecule has 0 atom stereocenters. The molecule has 0 radical (unpaired) electrons. The Bertz CT molecular complexity index is 1090. The molecule has 0 aliphatic heterocycles. The summed E-state index contributed by atoms with van der Waals surface area (Å²) in [6.07, 6.45) is 0. The molecule has 0 amide bonds. The zero-order valence-corrected chi connectivity index (χ0v) is 17.7. The van der Waals surface area contributed by atoms with Crippen LogP contribution in [0.3, 0.4) is 0 Å². The Kier molecular flexibility index (Phi) is 5.86. The number of hydrogen-bond donors (Lipinski definition) is 0. The van der Waals surface area contributed by atoms with Gasteiger partial charge in [-0.25, -0.2) is 0 Å². The lowest BCUT2D eigenvalue weighted by Gasteiger charge is -2.18. The van der Waals surface area contributed by atoms with Crippen molar-refractivity contribution in [3.05, 3.63) is 77.9 Å². The average Bonchev–Trinajstić information content (AvgIpc) is 3.05. The highest BCUT2D eigenvalue weighted by atomic mass is 16.5. The molecule has 4 aromatic rings. The fourth-order valence-corrected chi connectivity index (χ4v) is 4.11. The number of rotatable bonds is 8. The van der Waals surface area contributed by atoms with Gasteiger partial charge in [-0.3, -0.25) is 0 Å². The summed E-state index contributed by atoms with van der Waals surface area (Å²) in [5, 5.41) is 2.50. The normalized spacial score (nSPS) is 11.6. The first kappa shape index (κ1) is 19.5. The lowest BCUT2D eigenvalue weighted by atomic mass is 10.1. The first-order valence-electron chi connectivity index (χ1n) is 10.6. The number of fused-ring (bicyclic) bond motifs is 3. The van der Waals surface area contributed by atoms with Crippen molar-refractivity contribution in [3.63, 3.8) is 0 Å². The number of aromatic nitrogens is 1. The van der Waals surface area contributed by atoms with Crippen LogP contribution < -0.4 is 4.74 Å². The van der Waals surface area contributed by atoms with Crippen LogP contribution in [0.15, 0.2) is 66.7 Å². The van der Waals surface area contributed by atoms with Gasteiger partial charge in [0.05, 0.1) is 5.52 Å². The molecule has 0 aliphatic rings. The standard InChI is InChI=1S/C26H30N2O/c1-4-27(5-2)16-17-29-25-13-9-12-24-26(25)22-18-20(3)14-15-23(22)28(24)19-21-10-7-6-8-11-21/h6-15,18H,4-5,16-17,19H2,1-3H3. The fraction of sp³-hybridized carbons (Fsp3) is 0.308. The van der Waals surface area contributed by atoms with Crippen LogP contribution in [-0.4, -0.2) is 35.7 Å². The van der Waals surface area contributed by atoms with E-state index in [-0.39, 0.29) is 0 Å². The van der Waals surface area contributed by atoms with Gasteiger partial charge in [-0.2, -0.15) is 0 Å². The van der Waals surface area contributed by atoms with Crippen LogP contribution in [0.4, 0.5) is 0 Å². The van der Waals surface area contributed by atoms with Crippen LogP contribution in [-0.2, 0) is 6.54 Å². The summed E-state index contributed by atoms with van der Waals surface area (Å²) in [4.78, 5) is 2.39. The maximum Gasteiger partial charge on any atom is 0.129 e. The summed E-state index contributed by atoms with van der Waals surface area (Å²) in [6.45, 7) is 11.2. The molecule has 0 saturated heterocycles. The molecule has 0 fully saturated rings. The van der Waals surface area contributed by atoms with E-state index in [0.29, 0.717) is 6.61 Å². The van der Waals surface area contributed by atoms with Gasteiger partial charge in [0, 0.05) is 29.4 Å². The molecule has 1 heterocycles. The Morgan fingerprint density at radius 2 is 1.66 bits per heavy atom. The van der Waals surface area contributed by atoms with E-state index in [4.69, 9.17) is 4.74 Å². The van der Waals surface area contributed by atoms with E-state index in [1.54, 1.807) is 0 Å². The average molecular weight is 387 g/mol. The summed E-state index contributed by atoms with van der Waals surface area (Å²) in [6, 6.07) is 23.8. The molecular formula is C26H30N2O. The van der Waals surface area contributed by atoms with Crippen molar-refractivity contribution < 1.29 is 4.74 Å². The molecule has 3 aromatic carbocycles. The number of hydrogen-bond acceptors (Lipinski definition) is 2. The van der Waals surface area contributed by atoms with E-state index in [9.17, 15) is 0 Å². The summed E-state index contributed by atoms with van der Waals surface area (Å²) in [5.41, 5.74) is 5.07. The van der Waals surface area contributed by atoms with Crippen LogP contribution in [0.2, 0.25) is 0 Å². The van der Waals surface area contributed by atoms with Gasteiger partial charge < -0.3 is 14.2 Å². The number of likely N-dealkylation sites (N-methyl/N-ethyl adjacent to an activating group) is 1. The molecule has 150 valence electrons. The molecular weight excluding hydrogens is 356 g/mol. The van der Waals surface area contributed by atoms with E-state index in [1.165, 1.54) is 32.9 Å². The van der Waals surface area contributed by atoms with E-state index in [0.717, 1.165) is 31.9 Å². The second-order valence-electron chi connectivity index (χ2n) is 7.62. The van der Waals surface area contributed by atoms with Crippen molar-refractivity contribution in [2.45, 2.75) is 27.3 Å². The zero-order valence-electron chi connectivity index (χ0n) is 17.7. The molecule has 1 aromatic heterocycles. The Hall–Kier alpha value is -2.78. The summed E-state index contributed by atoms with van der Waals surface area (Å²) in [5.74, 6) is 0.983. The monoisotopic (exact) mass is 386 g/mol. The zero-order chi connectivity index (χ0) is 20.2. The first-order chi connectivity index (χ1) is 14.2. The molecule has 29 heavy (non-hydrogen) atoms. The largest absolute Gasteiger partial charge is 0.492 e. The summed E-state index contributed by atoms with van der Waals surface area (Å²) < 4.78 is 8.72. The van der Waals surface area contributed by atoms with Gasteiger partial charge in [-0.15, -0.1) is 0 Å². The van der Waals surface area contributed by atoms with Crippen molar-refractivity contribution in [3.8, 4) is 5.75 Å². The molecule has 0 unspecified atom stereocenters. The Labute approximate surface area is 173 Å². The number of benzene rings is 3. The van der Waals surface area contributed by atoms with Crippen LogP contribution in [0.25, 0.3) is 21.8 Å².